The minimum atomic E-state index is -0.0881. The zero-order valence-corrected chi connectivity index (χ0v) is 13.3. The molecule has 5 heteroatoms. The number of fused-ring (bicyclic) bond motifs is 1. The number of hydrogen-bond donors (Lipinski definition) is 1. The maximum Gasteiger partial charge on any atom is 0.201 e. The number of ether oxygens (including phenoxy) is 1. The van der Waals surface area contributed by atoms with E-state index in [-0.39, 0.29) is 5.60 Å². The molecule has 1 saturated heterocycles. The third-order valence-electron chi connectivity index (χ3n) is 3.72. The molecule has 1 aliphatic heterocycles. The summed E-state index contributed by atoms with van der Waals surface area (Å²) in [6, 6.07) is 6.66. The van der Waals surface area contributed by atoms with Gasteiger partial charge in [-0.2, -0.15) is 0 Å². The summed E-state index contributed by atoms with van der Waals surface area (Å²) in [5, 5.41) is 0. The van der Waals surface area contributed by atoms with Crippen molar-refractivity contribution in [3.8, 4) is 0 Å². The van der Waals surface area contributed by atoms with Crippen molar-refractivity contribution in [1.82, 2.24) is 9.55 Å². The molecule has 0 aliphatic carbocycles. The molecule has 2 N–H and O–H groups in total. The highest BCUT2D eigenvalue weighted by Crippen LogP contribution is 2.35. The third-order valence-corrected chi connectivity index (χ3v) is 4.39. The van der Waals surface area contributed by atoms with Gasteiger partial charge in [0.1, 0.15) is 0 Å². The van der Waals surface area contributed by atoms with Gasteiger partial charge >= 0.3 is 0 Å². The van der Waals surface area contributed by atoms with Crippen LogP contribution in [0.5, 0.6) is 0 Å². The molecule has 1 atom stereocenters. The molecule has 0 amide bonds. The van der Waals surface area contributed by atoms with E-state index < -0.39 is 0 Å². The predicted molar refractivity (Wildman–Crippen MR) is 85.2 cm³/mol. The average molecular weight is 371 g/mol. The molecule has 2 heterocycles. The number of rotatable bonds is 1. The largest absolute Gasteiger partial charge is 0.375 e. The smallest absolute Gasteiger partial charge is 0.201 e. The molecule has 1 aliphatic rings. The first-order chi connectivity index (χ1) is 8.96. The summed E-state index contributed by atoms with van der Waals surface area (Å²) in [7, 11) is 0. The van der Waals surface area contributed by atoms with Crippen LogP contribution in [0.3, 0.4) is 0 Å². The van der Waals surface area contributed by atoms with Crippen molar-refractivity contribution in [3.63, 3.8) is 0 Å². The van der Waals surface area contributed by atoms with Crippen LogP contribution in [0.15, 0.2) is 18.2 Å². The summed E-state index contributed by atoms with van der Waals surface area (Å²) in [6.45, 7) is 5.05. The lowest BCUT2D eigenvalue weighted by molar-refractivity contribution is -0.0682. The highest BCUT2D eigenvalue weighted by Gasteiger charge is 2.31. The van der Waals surface area contributed by atoms with E-state index in [1.807, 2.05) is 0 Å². The molecule has 2 aromatic rings. The molecule has 1 fully saturated rings. The lowest BCUT2D eigenvalue weighted by Crippen LogP contribution is -2.35. The maximum absolute atomic E-state index is 6.13. The van der Waals surface area contributed by atoms with Crippen LogP contribution in [0.1, 0.15) is 32.7 Å². The number of nitrogens with two attached hydrogens (primary N) is 1. The van der Waals surface area contributed by atoms with E-state index in [0.29, 0.717) is 12.0 Å². The highest BCUT2D eigenvalue weighted by atomic mass is 127. The summed E-state index contributed by atoms with van der Waals surface area (Å²) in [6.07, 6.45) is 1.96. The Kier molecular flexibility index (Phi) is 3.21. The summed E-state index contributed by atoms with van der Waals surface area (Å²) >= 11 is 2.30. The summed E-state index contributed by atoms with van der Waals surface area (Å²) in [5.74, 6) is 0.611. The Morgan fingerprint density at radius 3 is 3.00 bits per heavy atom. The van der Waals surface area contributed by atoms with Crippen LogP contribution in [-0.2, 0) is 4.74 Å². The Bertz CT molecular complexity index is 620. The highest BCUT2D eigenvalue weighted by molar-refractivity contribution is 14.1. The van der Waals surface area contributed by atoms with Crippen LogP contribution in [0.4, 0.5) is 5.95 Å². The van der Waals surface area contributed by atoms with Gasteiger partial charge in [0, 0.05) is 16.2 Å². The van der Waals surface area contributed by atoms with Gasteiger partial charge in [0.2, 0.25) is 5.95 Å². The van der Waals surface area contributed by atoms with Crippen LogP contribution < -0.4 is 5.73 Å². The van der Waals surface area contributed by atoms with E-state index >= 15 is 0 Å². The van der Waals surface area contributed by atoms with Crippen LogP contribution in [0, 0.1) is 3.57 Å². The molecule has 19 heavy (non-hydrogen) atoms. The first kappa shape index (κ1) is 13.2. The molecule has 0 radical (unpaired) electrons. The van der Waals surface area contributed by atoms with E-state index in [0.717, 1.165) is 30.5 Å². The van der Waals surface area contributed by atoms with E-state index in [4.69, 9.17) is 10.5 Å². The van der Waals surface area contributed by atoms with Crippen molar-refractivity contribution >= 4 is 39.6 Å². The summed E-state index contributed by atoms with van der Waals surface area (Å²) in [4.78, 5) is 4.49. The van der Waals surface area contributed by atoms with Crippen molar-refractivity contribution in [2.24, 2.45) is 0 Å². The number of halogens is 1. The minimum absolute atomic E-state index is 0.0881. The van der Waals surface area contributed by atoms with Crippen LogP contribution in [-0.4, -0.2) is 21.8 Å². The van der Waals surface area contributed by atoms with Gasteiger partial charge in [0.05, 0.1) is 16.6 Å². The third kappa shape index (κ3) is 2.45. The van der Waals surface area contributed by atoms with Crippen molar-refractivity contribution in [2.75, 3.05) is 12.3 Å². The van der Waals surface area contributed by atoms with Crippen molar-refractivity contribution in [3.05, 3.63) is 21.8 Å². The Balaban J connectivity index is 2.07. The maximum atomic E-state index is 6.13. The van der Waals surface area contributed by atoms with E-state index in [1.54, 1.807) is 0 Å². The van der Waals surface area contributed by atoms with Crippen molar-refractivity contribution in [1.29, 1.82) is 0 Å². The van der Waals surface area contributed by atoms with E-state index in [1.165, 1.54) is 3.57 Å². The number of imidazole rings is 1. The monoisotopic (exact) mass is 371 g/mol. The number of hydrogen-bond acceptors (Lipinski definition) is 3. The van der Waals surface area contributed by atoms with Crippen LogP contribution in [0.25, 0.3) is 11.0 Å². The Morgan fingerprint density at radius 1 is 1.47 bits per heavy atom. The number of anilines is 1. The Hall–Kier alpha value is -0.820. The second-order valence-electron chi connectivity index (χ2n) is 5.73. The van der Waals surface area contributed by atoms with Gasteiger partial charge in [-0.05, 0) is 67.5 Å². The Labute approximate surface area is 126 Å². The lowest BCUT2D eigenvalue weighted by atomic mass is 9.93. The molecule has 0 bridgehead atoms. The number of nitrogen functional groups attached to an aromatic ring is 1. The molecule has 102 valence electrons. The summed E-state index contributed by atoms with van der Waals surface area (Å²) < 4.78 is 9.15. The van der Waals surface area contributed by atoms with Gasteiger partial charge < -0.3 is 15.0 Å². The average Bonchev–Trinajstić information content (AvgIpc) is 2.62. The molecule has 0 saturated carbocycles. The molecule has 1 unspecified atom stereocenters. The van der Waals surface area contributed by atoms with E-state index in [2.05, 4.69) is 64.2 Å². The van der Waals surface area contributed by atoms with Crippen LogP contribution >= 0.6 is 22.6 Å². The van der Waals surface area contributed by atoms with Gasteiger partial charge in [-0.1, -0.05) is 0 Å². The molecule has 0 spiro atoms. The summed E-state index contributed by atoms with van der Waals surface area (Å²) in [5.41, 5.74) is 8.15. The fraction of sp³-hybridized carbons (Fsp3) is 0.500. The van der Waals surface area contributed by atoms with Gasteiger partial charge in [-0.25, -0.2) is 4.98 Å². The lowest BCUT2D eigenvalue weighted by Gasteiger charge is -2.36. The molecule has 1 aromatic heterocycles. The van der Waals surface area contributed by atoms with Gasteiger partial charge in [-0.15, -0.1) is 0 Å². The van der Waals surface area contributed by atoms with Gasteiger partial charge in [0.15, 0.2) is 0 Å². The van der Waals surface area contributed by atoms with Gasteiger partial charge in [-0.3, -0.25) is 0 Å². The molecule has 4 nitrogen and oxygen atoms in total. The zero-order valence-electron chi connectivity index (χ0n) is 11.2. The SMILES string of the molecule is CC1(C)CC(n2c(N)nc3cc(I)ccc32)CCO1. The van der Waals surface area contributed by atoms with E-state index in [9.17, 15) is 0 Å². The Morgan fingerprint density at radius 2 is 2.26 bits per heavy atom. The second kappa shape index (κ2) is 4.63. The minimum Gasteiger partial charge on any atom is -0.375 e. The molecular weight excluding hydrogens is 353 g/mol. The number of nitrogens with zero attached hydrogens (tertiary/aromatic N) is 2. The van der Waals surface area contributed by atoms with Crippen molar-refractivity contribution in [2.45, 2.75) is 38.3 Å². The topological polar surface area (TPSA) is 53.1 Å². The molecular formula is C14H18IN3O. The second-order valence-corrected chi connectivity index (χ2v) is 6.97. The normalized spacial score (nSPS) is 22.8. The first-order valence-corrected chi connectivity index (χ1v) is 7.61. The molecule has 1 aromatic carbocycles. The van der Waals surface area contributed by atoms with Crippen LogP contribution in [0.2, 0.25) is 0 Å². The fourth-order valence-corrected chi connectivity index (χ4v) is 3.37. The number of aromatic nitrogens is 2. The first-order valence-electron chi connectivity index (χ1n) is 6.53. The quantitative estimate of drug-likeness (QED) is 0.783. The predicted octanol–water partition coefficient (Wildman–Crippen LogP) is 3.35. The van der Waals surface area contributed by atoms with Crippen molar-refractivity contribution < 1.29 is 4.74 Å². The standard InChI is InChI=1S/C14H18IN3O/c1-14(2)8-10(5-6-19-14)18-12-4-3-9(15)7-11(12)17-13(18)16/h3-4,7,10H,5-6,8H2,1-2H3,(H2,16,17). The number of benzene rings is 1. The fourth-order valence-electron chi connectivity index (χ4n) is 2.89. The molecule has 3 rings (SSSR count). The zero-order chi connectivity index (χ0) is 13.6. The van der Waals surface area contributed by atoms with Gasteiger partial charge in [0.25, 0.3) is 0 Å².